The third-order valence-electron chi connectivity index (χ3n) is 8.31. The van der Waals surface area contributed by atoms with Gasteiger partial charge in [0.25, 0.3) is 11.8 Å². The van der Waals surface area contributed by atoms with Gasteiger partial charge in [-0.2, -0.15) is 5.10 Å². The number of nitrogens with zero attached hydrogens (tertiary/aromatic N) is 6. The van der Waals surface area contributed by atoms with E-state index in [1.807, 2.05) is 12.1 Å². The standard InChI is InChI=1S/C29H39N9O2/c1-19-23(34-28(40)20-9-11-21(12-10-20)29(2,3)37-13-5-6-14-37)8-7-15-38(19)24-17-31-25(26(30)39)27(35-24)33-22-16-32-36(4)18-22/h9-12,16-19,23H,5-8,13-15H2,1-4H3,(H2,30,39)(H,33,35)(H,34,40)/t19-,23-/m1/s1. The molecule has 0 aliphatic carbocycles. The second-order valence-corrected chi connectivity index (χ2v) is 11.3. The number of carbonyl (C=O) groups excluding carboxylic acids is 2. The van der Waals surface area contributed by atoms with Gasteiger partial charge >= 0.3 is 0 Å². The van der Waals surface area contributed by atoms with E-state index in [-0.39, 0.29) is 35.0 Å². The Morgan fingerprint density at radius 3 is 2.42 bits per heavy atom. The SMILES string of the molecule is C[C@@H]1[C@H](NC(=O)c2ccc(C(C)(C)N3CCCC3)cc2)CCCN1c1cnc(C(N)=O)c(Nc2cnn(C)c2)n1. The first-order valence-corrected chi connectivity index (χ1v) is 14.0. The van der Waals surface area contributed by atoms with Crippen molar-refractivity contribution in [3.05, 3.63) is 59.7 Å². The molecule has 2 aliphatic rings. The number of primary amides is 1. The van der Waals surface area contributed by atoms with Crippen LogP contribution in [0.5, 0.6) is 0 Å². The molecule has 0 saturated carbocycles. The van der Waals surface area contributed by atoms with Crippen LogP contribution >= 0.6 is 0 Å². The summed E-state index contributed by atoms with van der Waals surface area (Å²) in [5.41, 5.74) is 8.10. The van der Waals surface area contributed by atoms with Gasteiger partial charge in [0.15, 0.2) is 11.5 Å². The topological polar surface area (TPSA) is 134 Å². The van der Waals surface area contributed by atoms with E-state index in [9.17, 15) is 9.59 Å². The summed E-state index contributed by atoms with van der Waals surface area (Å²) >= 11 is 0. The van der Waals surface area contributed by atoms with Crippen LogP contribution in [0.4, 0.5) is 17.3 Å². The zero-order valence-corrected chi connectivity index (χ0v) is 23.7. The van der Waals surface area contributed by atoms with Crippen LogP contribution in [-0.4, -0.2) is 68.2 Å². The lowest BCUT2D eigenvalue weighted by molar-refractivity contribution is 0.0923. The molecule has 2 aliphatic heterocycles. The molecule has 2 fully saturated rings. The van der Waals surface area contributed by atoms with Gasteiger partial charge in [0.2, 0.25) is 0 Å². The third-order valence-corrected chi connectivity index (χ3v) is 8.31. The Balaban J connectivity index is 1.29. The zero-order chi connectivity index (χ0) is 28.4. The molecule has 4 N–H and O–H groups in total. The number of nitrogens with one attached hydrogen (secondary N) is 2. The second kappa shape index (κ2) is 11.2. The highest BCUT2D eigenvalue weighted by atomic mass is 16.2. The van der Waals surface area contributed by atoms with Crippen molar-refractivity contribution >= 4 is 29.1 Å². The monoisotopic (exact) mass is 545 g/mol. The highest BCUT2D eigenvalue weighted by molar-refractivity contribution is 5.96. The minimum Gasteiger partial charge on any atom is -0.364 e. The predicted molar refractivity (Wildman–Crippen MR) is 155 cm³/mol. The lowest BCUT2D eigenvalue weighted by Gasteiger charge is -2.40. The Labute approximate surface area is 235 Å². The highest BCUT2D eigenvalue weighted by Gasteiger charge is 2.32. The fourth-order valence-electron chi connectivity index (χ4n) is 5.81. The van der Waals surface area contributed by atoms with Gasteiger partial charge in [-0.05, 0) is 77.2 Å². The van der Waals surface area contributed by atoms with E-state index in [2.05, 4.69) is 63.4 Å². The van der Waals surface area contributed by atoms with Crippen LogP contribution in [0.15, 0.2) is 42.9 Å². The van der Waals surface area contributed by atoms with Crippen molar-refractivity contribution in [3.8, 4) is 0 Å². The van der Waals surface area contributed by atoms with Crippen molar-refractivity contribution in [2.75, 3.05) is 29.9 Å². The molecule has 11 heteroatoms. The molecule has 0 radical (unpaired) electrons. The van der Waals surface area contributed by atoms with E-state index in [1.165, 1.54) is 18.4 Å². The van der Waals surface area contributed by atoms with Crippen molar-refractivity contribution in [1.29, 1.82) is 0 Å². The number of carbonyl (C=O) groups is 2. The highest BCUT2D eigenvalue weighted by Crippen LogP contribution is 2.31. The van der Waals surface area contributed by atoms with Gasteiger partial charge in [0.05, 0.1) is 18.1 Å². The Hall–Kier alpha value is -3.99. The number of aromatic nitrogens is 4. The largest absolute Gasteiger partial charge is 0.364 e. The second-order valence-electron chi connectivity index (χ2n) is 11.3. The van der Waals surface area contributed by atoms with E-state index in [0.29, 0.717) is 17.1 Å². The van der Waals surface area contributed by atoms with Crippen LogP contribution in [0.2, 0.25) is 0 Å². The Kier molecular flexibility index (Phi) is 7.75. The Morgan fingerprint density at radius 1 is 1.05 bits per heavy atom. The smallest absolute Gasteiger partial charge is 0.271 e. The summed E-state index contributed by atoms with van der Waals surface area (Å²) in [5, 5.41) is 10.5. The molecule has 4 heterocycles. The molecule has 0 bridgehead atoms. The maximum atomic E-state index is 13.3. The number of aryl methyl sites for hydroxylation is 1. The average molecular weight is 546 g/mol. The average Bonchev–Trinajstić information content (AvgIpc) is 3.62. The molecule has 11 nitrogen and oxygen atoms in total. The van der Waals surface area contributed by atoms with Crippen LogP contribution < -0.4 is 21.3 Å². The van der Waals surface area contributed by atoms with Gasteiger partial charge in [-0.15, -0.1) is 0 Å². The third kappa shape index (κ3) is 5.65. The maximum absolute atomic E-state index is 13.3. The molecule has 2 aromatic heterocycles. The summed E-state index contributed by atoms with van der Waals surface area (Å²) in [6, 6.07) is 7.91. The number of hydrogen-bond donors (Lipinski definition) is 3. The molecule has 0 unspecified atom stereocenters. The Morgan fingerprint density at radius 2 is 1.77 bits per heavy atom. The first-order chi connectivity index (χ1) is 19.1. The maximum Gasteiger partial charge on any atom is 0.271 e. The number of piperidine rings is 1. The number of amides is 2. The summed E-state index contributed by atoms with van der Waals surface area (Å²) in [6.45, 7) is 9.56. The van der Waals surface area contributed by atoms with Gasteiger partial charge < -0.3 is 21.3 Å². The van der Waals surface area contributed by atoms with E-state index in [0.717, 1.165) is 32.5 Å². The van der Waals surface area contributed by atoms with Crippen molar-refractivity contribution in [1.82, 2.24) is 30.0 Å². The molecule has 2 saturated heterocycles. The normalized spacial score (nSPS) is 19.9. The number of anilines is 3. The van der Waals surface area contributed by atoms with Crippen LogP contribution in [0.1, 0.15) is 72.9 Å². The van der Waals surface area contributed by atoms with Crippen molar-refractivity contribution in [2.45, 2.75) is 64.1 Å². The van der Waals surface area contributed by atoms with Gasteiger partial charge in [-0.25, -0.2) is 9.97 Å². The zero-order valence-electron chi connectivity index (χ0n) is 23.7. The first kappa shape index (κ1) is 27.6. The van der Waals surface area contributed by atoms with Crippen LogP contribution in [0.25, 0.3) is 0 Å². The minimum atomic E-state index is -0.669. The minimum absolute atomic E-state index is 0.0361. The van der Waals surface area contributed by atoms with Crippen molar-refractivity contribution in [2.24, 2.45) is 12.8 Å². The lowest BCUT2D eigenvalue weighted by atomic mass is 9.91. The summed E-state index contributed by atoms with van der Waals surface area (Å²) in [6.07, 6.45) is 9.19. The molecule has 1 aromatic carbocycles. The van der Waals surface area contributed by atoms with Gasteiger partial charge in [0, 0.05) is 43.0 Å². The van der Waals surface area contributed by atoms with E-state index >= 15 is 0 Å². The summed E-state index contributed by atoms with van der Waals surface area (Å²) in [5.74, 6) is 0.125. The first-order valence-electron chi connectivity index (χ1n) is 14.0. The van der Waals surface area contributed by atoms with E-state index < -0.39 is 5.91 Å². The molecule has 3 aromatic rings. The summed E-state index contributed by atoms with van der Waals surface area (Å²) < 4.78 is 1.64. The van der Waals surface area contributed by atoms with Gasteiger partial charge in [0.1, 0.15) is 5.82 Å². The molecule has 0 spiro atoms. The molecule has 2 amide bonds. The number of rotatable bonds is 8. The summed E-state index contributed by atoms with van der Waals surface area (Å²) in [4.78, 5) is 38.9. The van der Waals surface area contributed by atoms with Crippen LogP contribution in [-0.2, 0) is 12.6 Å². The van der Waals surface area contributed by atoms with E-state index in [4.69, 9.17) is 10.7 Å². The number of nitrogens with two attached hydrogens (primary N) is 1. The van der Waals surface area contributed by atoms with Crippen LogP contribution in [0, 0.1) is 0 Å². The summed E-state index contributed by atoms with van der Waals surface area (Å²) in [7, 11) is 1.80. The fraction of sp³-hybridized carbons (Fsp3) is 0.483. The van der Waals surface area contributed by atoms with Crippen LogP contribution in [0.3, 0.4) is 0 Å². The van der Waals surface area contributed by atoms with Crippen molar-refractivity contribution in [3.63, 3.8) is 0 Å². The van der Waals surface area contributed by atoms with Crippen molar-refractivity contribution < 1.29 is 9.59 Å². The lowest BCUT2D eigenvalue weighted by Crippen LogP contribution is -2.54. The molecule has 212 valence electrons. The number of benzene rings is 1. The molecular weight excluding hydrogens is 506 g/mol. The quantitative estimate of drug-likeness (QED) is 0.393. The molecular formula is C29H39N9O2. The number of hydrogen-bond acceptors (Lipinski definition) is 8. The predicted octanol–water partition coefficient (Wildman–Crippen LogP) is 3.17. The molecule has 5 rings (SSSR count). The van der Waals surface area contributed by atoms with Gasteiger partial charge in [-0.3, -0.25) is 19.2 Å². The van der Waals surface area contributed by atoms with Gasteiger partial charge in [-0.1, -0.05) is 12.1 Å². The van der Waals surface area contributed by atoms with E-state index in [1.54, 1.807) is 30.3 Å². The molecule has 2 atom stereocenters. The fourth-order valence-corrected chi connectivity index (χ4v) is 5.81. The number of likely N-dealkylation sites (tertiary alicyclic amines) is 1. The molecule has 40 heavy (non-hydrogen) atoms. The Bertz CT molecular complexity index is 1360.